The third kappa shape index (κ3) is 2.27. The Morgan fingerprint density at radius 3 is 3.05 bits per heavy atom. The van der Waals surface area contributed by atoms with Crippen molar-refractivity contribution in [2.75, 3.05) is 13.7 Å². The molecule has 1 unspecified atom stereocenters. The van der Waals surface area contributed by atoms with Crippen molar-refractivity contribution in [1.29, 1.82) is 0 Å². The Morgan fingerprint density at radius 2 is 2.19 bits per heavy atom. The van der Waals surface area contributed by atoms with E-state index in [2.05, 4.69) is 41.0 Å². The minimum atomic E-state index is 0.211. The molecule has 3 heterocycles. The number of para-hydroxylation sites is 1. The summed E-state index contributed by atoms with van der Waals surface area (Å²) in [7, 11) is 2.03. The van der Waals surface area contributed by atoms with Gasteiger partial charge < -0.3 is 10.1 Å². The van der Waals surface area contributed by atoms with Crippen LogP contribution in [0.15, 0.2) is 35.7 Å². The van der Waals surface area contributed by atoms with E-state index in [1.807, 2.05) is 29.7 Å². The van der Waals surface area contributed by atoms with Crippen LogP contribution in [0.2, 0.25) is 0 Å². The van der Waals surface area contributed by atoms with Gasteiger partial charge in [0.05, 0.1) is 12.6 Å². The highest BCUT2D eigenvalue weighted by Gasteiger charge is 2.22. The van der Waals surface area contributed by atoms with Crippen LogP contribution >= 0.6 is 22.7 Å². The average molecular weight is 315 g/mol. The molecule has 1 N–H and O–H groups in total. The van der Waals surface area contributed by atoms with Gasteiger partial charge in [-0.15, -0.1) is 22.7 Å². The molecule has 2 aromatic heterocycles. The molecule has 0 spiro atoms. The summed E-state index contributed by atoms with van der Waals surface area (Å²) in [5.74, 6) is 1.10. The van der Waals surface area contributed by atoms with Crippen molar-refractivity contribution in [3.63, 3.8) is 0 Å². The predicted molar refractivity (Wildman–Crippen MR) is 90.9 cm³/mol. The van der Waals surface area contributed by atoms with E-state index in [1.54, 1.807) is 0 Å². The number of thiophene rings is 2. The second-order valence-electron chi connectivity index (χ2n) is 5.31. The number of fused-ring (bicyclic) bond motifs is 2. The molecule has 1 aliphatic heterocycles. The molecule has 0 radical (unpaired) electrons. The normalized spacial score (nSPS) is 15.7. The highest BCUT2D eigenvalue weighted by Crippen LogP contribution is 2.40. The number of rotatable bonds is 3. The van der Waals surface area contributed by atoms with Crippen LogP contribution in [0.25, 0.3) is 9.40 Å². The van der Waals surface area contributed by atoms with E-state index in [9.17, 15) is 0 Å². The standard InChI is InChI=1S/C17H17NOS2/c1-18-16(15-10-14-13(21-15)7-9-20-14)12-6-2-4-11-5-3-8-19-17(11)12/h2,4,6-7,9-10,16,18H,3,5,8H2,1H3. The predicted octanol–water partition coefficient (Wildman–Crippen LogP) is 4.60. The molecule has 1 atom stereocenters. The van der Waals surface area contributed by atoms with E-state index in [-0.39, 0.29) is 6.04 Å². The van der Waals surface area contributed by atoms with Crippen molar-refractivity contribution >= 4 is 32.1 Å². The first-order valence-electron chi connectivity index (χ1n) is 7.25. The Morgan fingerprint density at radius 1 is 1.24 bits per heavy atom. The summed E-state index contributed by atoms with van der Waals surface area (Å²) >= 11 is 3.69. The first-order chi connectivity index (χ1) is 10.4. The van der Waals surface area contributed by atoms with Gasteiger partial charge in [-0.2, -0.15) is 0 Å². The van der Waals surface area contributed by atoms with Crippen LogP contribution in [0.1, 0.15) is 28.5 Å². The molecule has 1 aromatic carbocycles. The van der Waals surface area contributed by atoms with Gasteiger partial charge in [-0.3, -0.25) is 0 Å². The lowest BCUT2D eigenvalue weighted by molar-refractivity contribution is 0.283. The number of ether oxygens (including phenoxy) is 1. The molecule has 3 aromatic rings. The average Bonchev–Trinajstić information content (AvgIpc) is 3.10. The van der Waals surface area contributed by atoms with Gasteiger partial charge in [0.2, 0.25) is 0 Å². The van der Waals surface area contributed by atoms with E-state index < -0.39 is 0 Å². The molecule has 1 aliphatic rings. The lowest BCUT2D eigenvalue weighted by Crippen LogP contribution is -2.20. The summed E-state index contributed by atoms with van der Waals surface area (Å²) in [6.07, 6.45) is 2.24. The molecular weight excluding hydrogens is 298 g/mol. The molecular formula is C17H17NOS2. The van der Waals surface area contributed by atoms with Gasteiger partial charge in [0.1, 0.15) is 5.75 Å². The van der Waals surface area contributed by atoms with Crippen LogP contribution in [0.5, 0.6) is 5.75 Å². The molecule has 4 rings (SSSR count). The summed E-state index contributed by atoms with van der Waals surface area (Å²) in [4.78, 5) is 1.36. The second kappa shape index (κ2) is 5.44. The highest BCUT2D eigenvalue weighted by atomic mass is 32.1. The fourth-order valence-electron chi connectivity index (χ4n) is 3.02. The SMILES string of the molecule is CNC(c1cc2sccc2s1)c1cccc2c1OCCC2. The van der Waals surface area contributed by atoms with Crippen molar-refractivity contribution in [1.82, 2.24) is 5.32 Å². The fourth-order valence-corrected chi connectivity index (χ4v) is 5.27. The van der Waals surface area contributed by atoms with Gasteiger partial charge in [0, 0.05) is 19.8 Å². The maximum Gasteiger partial charge on any atom is 0.127 e. The Hall–Kier alpha value is -1.36. The van der Waals surface area contributed by atoms with E-state index in [1.165, 1.54) is 25.4 Å². The molecule has 0 saturated carbocycles. The second-order valence-corrected chi connectivity index (χ2v) is 7.37. The first kappa shape index (κ1) is 13.3. The summed E-state index contributed by atoms with van der Waals surface area (Å²) in [6, 6.07) is 11.3. The molecule has 0 saturated heterocycles. The van der Waals surface area contributed by atoms with Crippen LogP contribution in [-0.2, 0) is 6.42 Å². The Kier molecular flexibility index (Phi) is 3.45. The largest absolute Gasteiger partial charge is 0.493 e. The lowest BCUT2D eigenvalue weighted by atomic mass is 9.97. The highest BCUT2D eigenvalue weighted by molar-refractivity contribution is 7.27. The van der Waals surface area contributed by atoms with E-state index in [0.29, 0.717) is 0 Å². The quantitative estimate of drug-likeness (QED) is 0.763. The molecule has 108 valence electrons. The Bertz CT molecular complexity index is 746. The lowest BCUT2D eigenvalue weighted by Gasteiger charge is -2.24. The van der Waals surface area contributed by atoms with Gasteiger partial charge >= 0.3 is 0 Å². The maximum absolute atomic E-state index is 5.98. The molecule has 21 heavy (non-hydrogen) atoms. The van der Waals surface area contributed by atoms with E-state index in [0.717, 1.165) is 25.2 Å². The van der Waals surface area contributed by atoms with Gasteiger partial charge in [-0.25, -0.2) is 0 Å². The number of benzene rings is 1. The monoisotopic (exact) mass is 315 g/mol. The topological polar surface area (TPSA) is 21.3 Å². The molecule has 0 aliphatic carbocycles. The smallest absolute Gasteiger partial charge is 0.127 e. The van der Waals surface area contributed by atoms with Crippen molar-refractivity contribution in [3.8, 4) is 5.75 Å². The molecule has 0 fully saturated rings. The van der Waals surface area contributed by atoms with Crippen LogP contribution in [-0.4, -0.2) is 13.7 Å². The zero-order valence-electron chi connectivity index (χ0n) is 11.9. The molecule has 0 bridgehead atoms. The van der Waals surface area contributed by atoms with Gasteiger partial charge in [0.25, 0.3) is 0 Å². The minimum absolute atomic E-state index is 0.211. The van der Waals surface area contributed by atoms with E-state index >= 15 is 0 Å². The van der Waals surface area contributed by atoms with Gasteiger partial charge in [0.15, 0.2) is 0 Å². The van der Waals surface area contributed by atoms with Gasteiger partial charge in [-0.05, 0) is 43.0 Å². The van der Waals surface area contributed by atoms with Crippen LogP contribution in [0.3, 0.4) is 0 Å². The number of aryl methyl sites for hydroxylation is 1. The van der Waals surface area contributed by atoms with Crippen molar-refractivity contribution in [3.05, 3.63) is 51.7 Å². The molecule has 4 heteroatoms. The maximum atomic E-state index is 5.98. The van der Waals surface area contributed by atoms with Crippen LogP contribution in [0, 0.1) is 0 Å². The number of hydrogen-bond donors (Lipinski definition) is 1. The molecule has 0 amide bonds. The number of hydrogen-bond acceptors (Lipinski definition) is 4. The summed E-state index contributed by atoms with van der Waals surface area (Å²) < 4.78 is 8.73. The molecule has 2 nitrogen and oxygen atoms in total. The van der Waals surface area contributed by atoms with E-state index in [4.69, 9.17) is 4.74 Å². The van der Waals surface area contributed by atoms with Crippen molar-refractivity contribution in [2.45, 2.75) is 18.9 Å². The summed E-state index contributed by atoms with van der Waals surface area (Å²) in [6.45, 7) is 0.833. The Labute approximate surface area is 132 Å². The zero-order chi connectivity index (χ0) is 14.2. The zero-order valence-corrected chi connectivity index (χ0v) is 13.5. The minimum Gasteiger partial charge on any atom is -0.493 e. The third-order valence-electron chi connectivity index (χ3n) is 4.01. The third-order valence-corrected chi connectivity index (χ3v) is 6.16. The van der Waals surface area contributed by atoms with Crippen LogP contribution < -0.4 is 10.1 Å². The number of nitrogens with one attached hydrogen (secondary N) is 1. The summed E-state index contributed by atoms with van der Waals surface area (Å²) in [5, 5.41) is 5.63. The first-order valence-corrected chi connectivity index (χ1v) is 8.95. The summed E-state index contributed by atoms with van der Waals surface area (Å²) in [5.41, 5.74) is 2.61. The van der Waals surface area contributed by atoms with Crippen molar-refractivity contribution < 1.29 is 4.74 Å². The van der Waals surface area contributed by atoms with Gasteiger partial charge in [-0.1, -0.05) is 18.2 Å². The Balaban J connectivity index is 1.81. The van der Waals surface area contributed by atoms with Crippen LogP contribution in [0.4, 0.5) is 0 Å². The van der Waals surface area contributed by atoms with Crippen molar-refractivity contribution in [2.24, 2.45) is 0 Å². The fraction of sp³-hybridized carbons (Fsp3) is 0.294.